The Bertz CT molecular complexity index is 372. The molecule has 0 aromatic carbocycles. The molecule has 1 saturated heterocycles. The first-order valence-electron chi connectivity index (χ1n) is 4.78. The average molecular weight is 218 g/mol. The number of hydrogen-bond acceptors (Lipinski definition) is 3. The summed E-state index contributed by atoms with van der Waals surface area (Å²) in [6.45, 7) is 1.90. The van der Waals surface area contributed by atoms with Crippen LogP contribution in [0.4, 0.5) is 0 Å². The summed E-state index contributed by atoms with van der Waals surface area (Å²) < 4.78 is 22.5. The summed E-state index contributed by atoms with van der Waals surface area (Å²) in [5, 5.41) is 8.83. The number of carboxylic acid groups (broad SMARTS) is 1. The first kappa shape index (κ1) is 9.96. The molecule has 80 valence electrons. The Kier molecular flexibility index (Phi) is 1.93. The molecule has 5 heteroatoms. The van der Waals surface area contributed by atoms with Gasteiger partial charge in [-0.3, -0.25) is 4.79 Å². The van der Waals surface area contributed by atoms with Crippen LogP contribution < -0.4 is 0 Å². The van der Waals surface area contributed by atoms with E-state index in [1.807, 2.05) is 6.92 Å². The van der Waals surface area contributed by atoms with Gasteiger partial charge in [0, 0.05) is 0 Å². The second-order valence-electron chi connectivity index (χ2n) is 4.70. The highest BCUT2D eigenvalue weighted by molar-refractivity contribution is 7.91. The summed E-state index contributed by atoms with van der Waals surface area (Å²) in [6, 6.07) is 0. The van der Waals surface area contributed by atoms with Gasteiger partial charge in [0.2, 0.25) is 0 Å². The van der Waals surface area contributed by atoms with Crippen LogP contribution in [0, 0.1) is 17.3 Å². The SMILES string of the molecule is CC1(C2CCS(=O)(=O)C2)CC1C(=O)O. The number of carbonyl (C=O) groups is 1. The molecule has 0 spiro atoms. The van der Waals surface area contributed by atoms with Crippen molar-refractivity contribution in [3.8, 4) is 0 Å². The third-order valence-corrected chi connectivity index (χ3v) is 5.51. The Balaban J connectivity index is 2.09. The largest absolute Gasteiger partial charge is 0.481 e. The zero-order valence-electron chi connectivity index (χ0n) is 8.06. The van der Waals surface area contributed by atoms with Crippen LogP contribution in [0.1, 0.15) is 19.8 Å². The van der Waals surface area contributed by atoms with Gasteiger partial charge in [0.1, 0.15) is 0 Å². The standard InChI is InChI=1S/C9H14O4S/c1-9(4-7(9)8(10)11)6-2-3-14(12,13)5-6/h6-7H,2-5H2,1H3,(H,10,11). The Morgan fingerprint density at radius 1 is 1.50 bits per heavy atom. The normalized spacial score (nSPS) is 44.9. The van der Waals surface area contributed by atoms with Gasteiger partial charge in [-0.2, -0.15) is 0 Å². The second-order valence-corrected chi connectivity index (χ2v) is 6.93. The van der Waals surface area contributed by atoms with Crippen molar-refractivity contribution in [1.29, 1.82) is 0 Å². The van der Waals surface area contributed by atoms with E-state index in [9.17, 15) is 13.2 Å². The van der Waals surface area contributed by atoms with E-state index in [0.29, 0.717) is 12.8 Å². The molecule has 1 heterocycles. The third kappa shape index (κ3) is 1.43. The predicted molar refractivity (Wildman–Crippen MR) is 50.6 cm³/mol. The molecule has 1 aliphatic carbocycles. The highest BCUT2D eigenvalue weighted by Gasteiger charge is 2.60. The van der Waals surface area contributed by atoms with E-state index in [-0.39, 0.29) is 28.8 Å². The molecule has 0 aromatic rings. The molecule has 2 fully saturated rings. The molecule has 0 aromatic heterocycles. The van der Waals surface area contributed by atoms with E-state index in [1.165, 1.54) is 0 Å². The molecule has 0 amide bonds. The van der Waals surface area contributed by atoms with Crippen molar-refractivity contribution in [2.75, 3.05) is 11.5 Å². The van der Waals surface area contributed by atoms with E-state index in [1.54, 1.807) is 0 Å². The fourth-order valence-corrected chi connectivity index (χ4v) is 4.49. The average Bonchev–Trinajstić information content (AvgIpc) is 2.61. The van der Waals surface area contributed by atoms with Crippen molar-refractivity contribution >= 4 is 15.8 Å². The molecular formula is C9H14O4S. The summed E-state index contributed by atoms with van der Waals surface area (Å²) in [5.41, 5.74) is -0.255. The molecule has 14 heavy (non-hydrogen) atoms. The van der Waals surface area contributed by atoms with Crippen molar-refractivity contribution in [3.63, 3.8) is 0 Å². The Morgan fingerprint density at radius 2 is 2.14 bits per heavy atom. The van der Waals surface area contributed by atoms with Gasteiger partial charge in [0.25, 0.3) is 0 Å². The lowest BCUT2D eigenvalue weighted by atomic mass is 9.88. The Morgan fingerprint density at radius 3 is 2.50 bits per heavy atom. The van der Waals surface area contributed by atoms with Crippen LogP contribution in [0.15, 0.2) is 0 Å². The highest BCUT2D eigenvalue weighted by atomic mass is 32.2. The fourth-order valence-electron chi connectivity index (χ4n) is 2.52. The first-order chi connectivity index (χ1) is 6.35. The fraction of sp³-hybridized carbons (Fsp3) is 0.889. The molecule has 0 radical (unpaired) electrons. The lowest BCUT2D eigenvalue weighted by Gasteiger charge is -2.16. The van der Waals surface area contributed by atoms with Crippen LogP contribution in [-0.4, -0.2) is 31.0 Å². The monoisotopic (exact) mass is 218 g/mol. The molecule has 2 rings (SSSR count). The molecule has 1 saturated carbocycles. The van der Waals surface area contributed by atoms with E-state index in [2.05, 4.69) is 0 Å². The van der Waals surface area contributed by atoms with Gasteiger partial charge in [0.05, 0.1) is 17.4 Å². The zero-order valence-corrected chi connectivity index (χ0v) is 8.88. The van der Waals surface area contributed by atoms with Crippen LogP contribution >= 0.6 is 0 Å². The van der Waals surface area contributed by atoms with Crippen LogP contribution in [0.5, 0.6) is 0 Å². The summed E-state index contributed by atoms with van der Waals surface area (Å²) in [4.78, 5) is 10.7. The van der Waals surface area contributed by atoms with Gasteiger partial charge in [-0.1, -0.05) is 6.92 Å². The van der Waals surface area contributed by atoms with Gasteiger partial charge in [-0.05, 0) is 24.2 Å². The highest BCUT2D eigenvalue weighted by Crippen LogP contribution is 2.60. The summed E-state index contributed by atoms with van der Waals surface area (Å²) >= 11 is 0. The van der Waals surface area contributed by atoms with E-state index < -0.39 is 15.8 Å². The number of carboxylic acids is 1. The lowest BCUT2D eigenvalue weighted by molar-refractivity contribution is -0.139. The number of rotatable bonds is 2. The predicted octanol–water partition coefficient (Wildman–Crippen LogP) is 0.532. The van der Waals surface area contributed by atoms with Crippen molar-refractivity contribution in [1.82, 2.24) is 0 Å². The van der Waals surface area contributed by atoms with Crippen LogP contribution in [0.3, 0.4) is 0 Å². The molecule has 0 bridgehead atoms. The summed E-state index contributed by atoms with van der Waals surface area (Å²) in [6.07, 6.45) is 1.28. The molecular weight excluding hydrogens is 204 g/mol. The number of sulfone groups is 1. The Hall–Kier alpha value is -0.580. The first-order valence-corrected chi connectivity index (χ1v) is 6.60. The molecule has 1 N–H and O–H groups in total. The maximum Gasteiger partial charge on any atom is 0.307 e. The van der Waals surface area contributed by atoms with E-state index in [4.69, 9.17) is 5.11 Å². The topological polar surface area (TPSA) is 71.4 Å². The van der Waals surface area contributed by atoms with Gasteiger partial charge >= 0.3 is 5.97 Å². The van der Waals surface area contributed by atoms with E-state index >= 15 is 0 Å². The minimum atomic E-state index is -2.88. The molecule has 4 nitrogen and oxygen atoms in total. The maximum absolute atomic E-state index is 11.2. The zero-order chi connectivity index (χ0) is 10.6. The van der Waals surface area contributed by atoms with Crippen molar-refractivity contribution in [2.45, 2.75) is 19.8 Å². The lowest BCUT2D eigenvalue weighted by Crippen LogP contribution is -2.19. The maximum atomic E-state index is 11.2. The van der Waals surface area contributed by atoms with Gasteiger partial charge < -0.3 is 5.11 Å². The van der Waals surface area contributed by atoms with Crippen molar-refractivity contribution in [3.05, 3.63) is 0 Å². The minimum absolute atomic E-state index is 0.0635. The number of aliphatic carboxylic acids is 1. The van der Waals surface area contributed by atoms with Gasteiger partial charge in [0.15, 0.2) is 9.84 Å². The summed E-state index contributed by atoms with van der Waals surface area (Å²) in [7, 11) is -2.88. The Labute approximate surface area is 83.2 Å². The quantitative estimate of drug-likeness (QED) is 0.734. The van der Waals surface area contributed by atoms with Crippen molar-refractivity contribution in [2.24, 2.45) is 17.3 Å². The number of hydrogen-bond donors (Lipinski definition) is 1. The minimum Gasteiger partial charge on any atom is -0.481 e. The second kappa shape index (κ2) is 2.72. The van der Waals surface area contributed by atoms with Gasteiger partial charge in [-0.25, -0.2) is 8.42 Å². The third-order valence-electron chi connectivity index (χ3n) is 3.74. The summed E-state index contributed by atoms with van der Waals surface area (Å²) in [5.74, 6) is -0.612. The van der Waals surface area contributed by atoms with Crippen LogP contribution in [0.25, 0.3) is 0 Å². The van der Waals surface area contributed by atoms with Crippen LogP contribution in [0.2, 0.25) is 0 Å². The molecule has 2 aliphatic rings. The van der Waals surface area contributed by atoms with Crippen molar-refractivity contribution < 1.29 is 18.3 Å². The van der Waals surface area contributed by atoms with E-state index in [0.717, 1.165) is 0 Å². The molecule has 1 aliphatic heterocycles. The van der Waals surface area contributed by atoms with Crippen LogP contribution in [-0.2, 0) is 14.6 Å². The van der Waals surface area contributed by atoms with Gasteiger partial charge in [-0.15, -0.1) is 0 Å². The smallest absolute Gasteiger partial charge is 0.307 e. The molecule has 3 atom stereocenters. The molecule has 3 unspecified atom stereocenters.